The molecule has 5 nitrogen and oxygen atoms in total. The van der Waals surface area contributed by atoms with Gasteiger partial charge in [-0.25, -0.2) is 0 Å². The number of hydrogen-bond acceptors (Lipinski definition) is 4. The maximum absolute atomic E-state index is 12.5. The van der Waals surface area contributed by atoms with Gasteiger partial charge in [-0.1, -0.05) is 70.2 Å². The van der Waals surface area contributed by atoms with Crippen LogP contribution in [0.5, 0.6) is 11.5 Å². The third-order valence-electron chi connectivity index (χ3n) is 6.55. The van der Waals surface area contributed by atoms with Crippen molar-refractivity contribution in [2.24, 2.45) is 0 Å². The minimum absolute atomic E-state index is 0.170. The number of halogens is 3. The Hall–Kier alpha value is -2.70. The van der Waals surface area contributed by atoms with Gasteiger partial charge in [0.1, 0.15) is 41.7 Å². The molecular weight excluding hydrogens is 533 g/mol. The number of aryl methyl sites for hydroxylation is 2. The lowest BCUT2D eigenvalue weighted by atomic mass is 10.1. The first-order valence-corrected chi connectivity index (χ1v) is 13.1. The van der Waals surface area contributed by atoms with E-state index in [9.17, 15) is 4.79 Å². The maximum Gasteiger partial charge on any atom is 0.163 e. The zero-order valence-corrected chi connectivity index (χ0v) is 22.9. The van der Waals surface area contributed by atoms with E-state index >= 15 is 0 Å². The van der Waals surface area contributed by atoms with E-state index < -0.39 is 12.3 Å². The molecule has 1 saturated heterocycles. The minimum Gasteiger partial charge on any atom is -0.491 e. The van der Waals surface area contributed by atoms with Crippen molar-refractivity contribution >= 4 is 51.5 Å². The fraction of sp³-hybridized carbons (Fsp3) is 0.276. The van der Waals surface area contributed by atoms with Crippen LogP contribution in [0, 0.1) is 13.8 Å². The van der Waals surface area contributed by atoms with Crippen molar-refractivity contribution < 1.29 is 19.0 Å². The molecule has 0 amide bonds. The lowest BCUT2D eigenvalue weighted by Gasteiger charge is -2.20. The van der Waals surface area contributed by atoms with E-state index in [1.165, 1.54) is 6.92 Å². The van der Waals surface area contributed by atoms with Crippen molar-refractivity contribution in [1.29, 1.82) is 0 Å². The van der Waals surface area contributed by atoms with Gasteiger partial charge in [-0.2, -0.15) is 0 Å². The third kappa shape index (κ3) is 5.32. The molecule has 0 N–H and O–H groups in total. The highest BCUT2D eigenvalue weighted by atomic mass is 35.5. The van der Waals surface area contributed by atoms with Gasteiger partial charge in [0, 0.05) is 11.8 Å². The van der Waals surface area contributed by atoms with Crippen LogP contribution >= 0.6 is 34.8 Å². The molecule has 3 aromatic carbocycles. The lowest BCUT2D eigenvalue weighted by molar-refractivity contribution is -0.0337. The number of hydrogen-bond donors (Lipinski definition) is 0. The fourth-order valence-corrected chi connectivity index (χ4v) is 5.38. The van der Waals surface area contributed by atoms with Crippen LogP contribution in [-0.4, -0.2) is 29.2 Å². The highest BCUT2D eigenvalue weighted by Gasteiger charge is 2.40. The van der Waals surface area contributed by atoms with Crippen LogP contribution in [0.1, 0.15) is 41.1 Å². The molecule has 5 rings (SSSR count). The summed E-state index contributed by atoms with van der Waals surface area (Å²) in [5, 5.41) is 1.62. The van der Waals surface area contributed by atoms with Crippen molar-refractivity contribution in [1.82, 2.24) is 4.57 Å². The van der Waals surface area contributed by atoms with Gasteiger partial charge in [0.25, 0.3) is 0 Å². The zero-order valence-electron chi connectivity index (χ0n) is 20.6. The first-order chi connectivity index (χ1) is 17.7. The summed E-state index contributed by atoms with van der Waals surface area (Å²) in [4.78, 5) is 12.5. The number of rotatable bonds is 7. The van der Waals surface area contributed by atoms with Gasteiger partial charge in [0.05, 0.1) is 21.1 Å². The Morgan fingerprint density at radius 1 is 0.946 bits per heavy atom. The van der Waals surface area contributed by atoms with Crippen LogP contribution in [0.4, 0.5) is 0 Å². The van der Waals surface area contributed by atoms with E-state index in [-0.39, 0.29) is 23.6 Å². The lowest BCUT2D eigenvalue weighted by Crippen LogP contribution is -2.32. The molecule has 192 valence electrons. The van der Waals surface area contributed by atoms with Crippen LogP contribution in [0.25, 0.3) is 10.9 Å². The molecule has 0 saturated carbocycles. The molecule has 1 aliphatic heterocycles. The average molecular weight is 559 g/mol. The zero-order chi connectivity index (χ0) is 26.3. The average Bonchev–Trinajstić information content (AvgIpc) is 3.37. The Labute approximate surface area is 230 Å². The number of benzene rings is 3. The Morgan fingerprint density at radius 3 is 2.16 bits per heavy atom. The quantitative estimate of drug-likeness (QED) is 0.214. The first kappa shape index (κ1) is 25.9. The number of ether oxygens (including phenoxy) is 3. The molecular formula is C29H26Cl3NO4. The number of carbonyl (C=O) groups is 1. The molecule has 3 atom stereocenters. The Bertz CT molecular complexity index is 1450. The summed E-state index contributed by atoms with van der Waals surface area (Å²) in [6.07, 6.45) is -0.751. The molecule has 0 aliphatic carbocycles. The Kier molecular flexibility index (Phi) is 7.42. The molecule has 0 radical (unpaired) electrons. The van der Waals surface area contributed by atoms with Gasteiger partial charge >= 0.3 is 0 Å². The Morgan fingerprint density at radius 2 is 1.54 bits per heavy atom. The van der Waals surface area contributed by atoms with Gasteiger partial charge in [-0.05, 0) is 57.2 Å². The van der Waals surface area contributed by atoms with Crippen molar-refractivity contribution in [2.45, 2.75) is 45.6 Å². The summed E-state index contributed by atoms with van der Waals surface area (Å²) in [6.45, 7) is 5.81. The van der Waals surface area contributed by atoms with Gasteiger partial charge < -0.3 is 18.8 Å². The smallest absolute Gasteiger partial charge is 0.163 e. The normalized spacial score (nSPS) is 19.4. The van der Waals surface area contributed by atoms with E-state index in [4.69, 9.17) is 49.0 Å². The maximum atomic E-state index is 12.5. The number of ketones is 1. The highest BCUT2D eigenvalue weighted by molar-refractivity contribution is 6.43. The SMILES string of the molecule is CC(=O)c1c(Cl)n([C@H]2C[C@H](Oc3ccc(C)cc3)[C@@H](COc3ccc(C)cc3)O2)c2cc(Cl)c(Cl)cc12. The highest BCUT2D eigenvalue weighted by Crippen LogP contribution is 2.42. The van der Waals surface area contributed by atoms with Crippen LogP contribution in [0.2, 0.25) is 15.2 Å². The largest absolute Gasteiger partial charge is 0.491 e. The molecule has 37 heavy (non-hydrogen) atoms. The summed E-state index contributed by atoms with van der Waals surface area (Å²) in [7, 11) is 0. The van der Waals surface area contributed by atoms with E-state index in [1.807, 2.05) is 62.4 Å². The molecule has 0 bridgehead atoms. The van der Waals surface area contributed by atoms with E-state index in [2.05, 4.69) is 0 Å². The number of fused-ring (bicyclic) bond motifs is 1. The second-order valence-corrected chi connectivity index (χ2v) is 10.5. The fourth-order valence-electron chi connectivity index (χ4n) is 4.63. The summed E-state index contributed by atoms with van der Waals surface area (Å²) >= 11 is 19.4. The van der Waals surface area contributed by atoms with E-state index in [0.717, 1.165) is 22.6 Å². The minimum atomic E-state index is -0.512. The Balaban J connectivity index is 1.49. The van der Waals surface area contributed by atoms with Gasteiger partial charge in [0.15, 0.2) is 5.78 Å². The summed E-state index contributed by atoms with van der Waals surface area (Å²) < 4.78 is 20.7. The number of carbonyl (C=O) groups excluding carboxylic acids is 1. The van der Waals surface area contributed by atoms with Gasteiger partial charge in [-0.15, -0.1) is 0 Å². The molecule has 1 aliphatic rings. The van der Waals surface area contributed by atoms with Crippen molar-refractivity contribution in [3.05, 3.63) is 92.6 Å². The number of nitrogens with zero attached hydrogens (tertiary/aromatic N) is 1. The topological polar surface area (TPSA) is 49.7 Å². The monoisotopic (exact) mass is 557 g/mol. The van der Waals surface area contributed by atoms with Gasteiger partial charge in [-0.3, -0.25) is 4.79 Å². The summed E-state index contributed by atoms with van der Waals surface area (Å²) in [5.41, 5.74) is 3.35. The standard InChI is InChI=1S/C29H26Cl3NO4/c1-16-4-8-19(9-5-16)35-15-26-25(36-20-10-6-17(2)7-11-20)14-27(37-26)33-24-13-23(31)22(30)12-21(24)28(18(3)34)29(33)32/h4-13,25-27H,14-15H2,1-3H3/t25-,26+,27+/m0/s1. The van der Waals surface area contributed by atoms with E-state index in [1.54, 1.807) is 16.7 Å². The molecule has 8 heteroatoms. The predicted molar refractivity (Wildman–Crippen MR) is 148 cm³/mol. The van der Waals surface area contributed by atoms with Crippen molar-refractivity contribution in [2.75, 3.05) is 6.61 Å². The van der Waals surface area contributed by atoms with Crippen molar-refractivity contribution in [3.8, 4) is 11.5 Å². The summed E-state index contributed by atoms with van der Waals surface area (Å²) in [6, 6.07) is 19.1. The second-order valence-electron chi connectivity index (χ2n) is 9.33. The molecule has 4 aromatic rings. The van der Waals surface area contributed by atoms with Crippen LogP contribution < -0.4 is 9.47 Å². The van der Waals surface area contributed by atoms with E-state index in [0.29, 0.717) is 32.9 Å². The van der Waals surface area contributed by atoms with Crippen LogP contribution in [-0.2, 0) is 4.74 Å². The second kappa shape index (κ2) is 10.6. The molecule has 1 aromatic heterocycles. The molecule has 1 fully saturated rings. The number of Topliss-reactive ketones (excluding diaryl/α,β-unsaturated/α-hetero) is 1. The van der Waals surface area contributed by atoms with Crippen molar-refractivity contribution in [3.63, 3.8) is 0 Å². The predicted octanol–water partition coefficient (Wildman–Crippen LogP) is 8.24. The molecule has 2 heterocycles. The summed E-state index contributed by atoms with van der Waals surface area (Å²) in [5.74, 6) is 1.32. The van der Waals surface area contributed by atoms with Crippen LogP contribution in [0.15, 0.2) is 60.7 Å². The first-order valence-electron chi connectivity index (χ1n) is 12.0. The van der Waals surface area contributed by atoms with Crippen LogP contribution in [0.3, 0.4) is 0 Å². The third-order valence-corrected chi connectivity index (χ3v) is 7.64. The molecule has 0 unspecified atom stereocenters. The number of aromatic nitrogens is 1. The van der Waals surface area contributed by atoms with Gasteiger partial charge in [0.2, 0.25) is 0 Å². The molecule has 0 spiro atoms.